The van der Waals surface area contributed by atoms with Gasteiger partial charge in [-0.1, -0.05) is 20.8 Å². The summed E-state index contributed by atoms with van der Waals surface area (Å²) < 4.78 is 0. The molecule has 0 aromatic heterocycles. The molecule has 0 radical (unpaired) electrons. The summed E-state index contributed by atoms with van der Waals surface area (Å²) in [4.78, 5) is 0. The molecule has 0 unspecified atom stereocenters. The van der Waals surface area contributed by atoms with Crippen molar-refractivity contribution < 1.29 is 10.2 Å². The first-order valence-corrected chi connectivity index (χ1v) is 7.17. The van der Waals surface area contributed by atoms with Gasteiger partial charge >= 0.3 is 0 Å². The van der Waals surface area contributed by atoms with Crippen LogP contribution >= 0.6 is 0 Å². The van der Waals surface area contributed by atoms with Crippen LogP contribution in [0, 0.1) is 22.7 Å². The maximum Gasteiger partial charge on any atom is 0.0685 e. The molecular formula is C15H26O2. The number of rotatable bonds is 0. The number of fused-ring (bicyclic) bond motifs is 4. The summed E-state index contributed by atoms with van der Waals surface area (Å²) in [6.45, 7) is 6.77. The molecular weight excluding hydrogens is 212 g/mol. The van der Waals surface area contributed by atoms with Crippen LogP contribution in [0.25, 0.3) is 0 Å². The molecule has 0 amide bonds. The molecule has 0 aliphatic heterocycles. The fourth-order valence-corrected chi connectivity index (χ4v) is 5.09. The van der Waals surface area contributed by atoms with E-state index in [1.807, 2.05) is 0 Å². The van der Waals surface area contributed by atoms with Crippen LogP contribution < -0.4 is 0 Å². The minimum absolute atomic E-state index is 0.0413. The second-order valence-electron chi connectivity index (χ2n) is 7.95. The average molecular weight is 238 g/mol. The fraction of sp³-hybridized carbons (Fsp3) is 1.00. The summed E-state index contributed by atoms with van der Waals surface area (Å²) in [6.07, 6.45) is 5.74. The van der Waals surface area contributed by atoms with Gasteiger partial charge in [-0.3, -0.25) is 0 Å². The number of hydrogen-bond donors (Lipinski definition) is 2. The lowest BCUT2D eigenvalue weighted by Gasteiger charge is -2.57. The van der Waals surface area contributed by atoms with Crippen molar-refractivity contribution in [1.82, 2.24) is 0 Å². The van der Waals surface area contributed by atoms with Gasteiger partial charge in [-0.15, -0.1) is 0 Å². The molecule has 2 bridgehead atoms. The third-order valence-electron chi connectivity index (χ3n) is 6.27. The summed E-state index contributed by atoms with van der Waals surface area (Å²) in [5, 5.41) is 21.5. The summed E-state index contributed by atoms with van der Waals surface area (Å²) in [5.74, 6) is 0.955. The van der Waals surface area contributed by atoms with Crippen molar-refractivity contribution in [3.8, 4) is 0 Å². The van der Waals surface area contributed by atoms with Crippen molar-refractivity contribution in [3.63, 3.8) is 0 Å². The van der Waals surface area contributed by atoms with Crippen molar-refractivity contribution in [1.29, 1.82) is 0 Å². The molecule has 2 heteroatoms. The van der Waals surface area contributed by atoms with Crippen molar-refractivity contribution >= 4 is 0 Å². The first-order valence-electron chi connectivity index (χ1n) is 7.17. The quantitative estimate of drug-likeness (QED) is 0.681. The minimum atomic E-state index is -0.481. The van der Waals surface area contributed by atoms with Crippen molar-refractivity contribution in [2.24, 2.45) is 22.7 Å². The van der Waals surface area contributed by atoms with Crippen LogP contribution in [0.3, 0.4) is 0 Å². The van der Waals surface area contributed by atoms with E-state index in [0.717, 1.165) is 38.5 Å². The van der Waals surface area contributed by atoms with E-state index in [4.69, 9.17) is 0 Å². The summed E-state index contributed by atoms with van der Waals surface area (Å²) in [7, 11) is 0. The highest BCUT2D eigenvalue weighted by Crippen LogP contribution is 2.64. The number of hydrogen-bond acceptors (Lipinski definition) is 2. The fourth-order valence-electron chi connectivity index (χ4n) is 5.09. The highest BCUT2D eigenvalue weighted by Gasteiger charge is 2.62. The largest absolute Gasteiger partial charge is 0.393 e. The summed E-state index contributed by atoms with van der Waals surface area (Å²) in [6, 6.07) is 0. The van der Waals surface area contributed by atoms with Crippen molar-refractivity contribution in [2.75, 3.05) is 0 Å². The lowest BCUT2D eigenvalue weighted by molar-refractivity contribution is -0.161. The van der Waals surface area contributed by atoms with Crippen molar-refractivity contribution in [2.45, 2.75) is 71.0 Å². The Morgan fingerprint density at radius 1 is 1.06 bits per heavy atom. The molecule has 98 valence electrons. The summed E-state index contributed by atoms with van der Waals surface area (Å²) in [5.41, 5.74) is -0.208. The lowest BCUT2D eigenvalue weighted by Crippen LogP contribution is -2.56. The summed E-state index contributed by atoms with van der Waals surface area (Å²) >= 11 is 0. The molecule has 3 aliphatic carbocycles. The van der Waals surface area contributed by atoms with E-state index < -0.39 is 5.60 Å². The maximum atomic E-state index is 11.0. The van der Waals surface area contributed by atoms with Crippen LogP contribution in [0.1, 0.15) is 59.3 Å². The van der Waals surface area contributed by atoms with Gasteiger partial charge in [0.25, 0.3) is 0 Å². The normalized spacial score (nSPS) is 56.6. The van der Waals surface area contributed by atoms with Gasteiger partial charge in [0.05, 0.1) is 11.7 Å². The highest BCUT2D eigenvalue weighted by atomic mass is 16.3. The second kappa shape index (κ2) is 3.27. The van der Waals surface area contributed by atoms with Gasteiger partial charge in [0.15, 0.2) is 0 Å². The van der Waals surface area contributed by atoms with Gasteiger partial charge in [-0.25, -0.2) is 0 Å². The average Bonchev–Trinajstić information content (AvgIpc) is 2.25. The molecule has 5 atom stereocenters. The molecule has 17 heavy (non-hydrogen) atoms. The first-order chi connectivity index (χ1) is 7.77. The lowest BCUT2D eigenvalue weighted by atomic mass is 9.49. The zero-order valence-electron chi connectivity index (χ0n) is 11.4. The van der Waals surface area contributed by atoms with E-state index >= 15 is 0 Å². The Labute approximate surface area is 104 Å². The van der Waals surface area contributed by atoms with E-state index in [1.54, 1.807) is 0 Å². The molecule has 3 rings (SSSR count). The second-order valence-corrected chi connectivity index (χ2v) is 7.95. The Hall–Kier alpha value is -0.0800. The third-order valence-corrected chi connectivity index (χ3v) is 6.27. The van der Waals surface area contributed by atoms with Gasteiger partial charge in [-0.2, -0.15) is 0 Å². The van der Waals surface area contributed by atoms with Crippen molar-refractivity contribution in [3.05, 3.63) is 0 Å². The molecule has 0 aromatic carbocycles. The first kappa shape index (κ1) is 12.0. The molecule has 0 aromatic rings. The Morgan fingerprint density at radius 2 is 1.76 bits per heavy atom. The highest BCUT2D eigenvalue weighted by molar-refractivity contribution is 5.12. The Balaban J connectivity index is 1.97. The predicted octanol–water partition coefficient (Wildman–Crippen LogP) is 2.72. The van der Waals surface area contributed by atoms with E-state index in [-0.39, 0.29) is 11.5 Å². The zero-order chi connectivity index (χ0) is 12.5. The number of aliphatic hydroxyl groups is 2. The van der Waals surface area contributed by atoms with Crippen LogP contribution in [0.5, 0.6) is 0 Å². The third kappa shape index (κ3) is 1.53. The van der Waals surface area contributed by atoms with E-state index in [9.17, 15) is 10.2 Å². The van der Waals surface area contributed by atoms with Gasteiger partial charge in [0.1, 0.15) is 0 Å². The van der Waals surface area contributed by atoms with Gasteiger partial charge < -0.3 is 10.2 Å². The monoisotopic (exact) mass is 238 g/mol. The number of aliphatic hydroxyl groups excluding tert-OH is 1. The SMILES string of the molecule is CC1(C)C[C@@H]2[C@H]1C[C@H](O)[C@]1(C)CCC[C@]2(O)C1. The van der Waals surface area contributed by atoms with Gasteiger partial charge in [-0.05, 0) is 61.2 Å². The standard InChI is InChI=1S/C15H26O2/c1-13(2)8-11-10(13)7-12(16)14(3)5-4-6-15(11,17)9-14/h10-12,16-17H,4-9H2,1-3H3/t10-,11-,12+,14-,15+/m1/s1. The molecule has 3 saturated carbocycles. The Kier molecular flexibility index (Phi) is 2.30. The molecule has 0 heterocycles. The topological polar surface area (TPSA) is 40.5 Å². The predicted molar refractivity (Wildman–Crippen MR) is 67.5 cm³/mol. The van der Waals surface area contributed by atoms with E-state index in [1.165, 1.54) is 0 Å². The Bertz CT molecular complexity index is 338. The van der Waals surface area contributed by atoms with Crippen LogP contribution in [0.2, 0.25) is 0 Å². The Morgan fingerprint density at radius 3 is 2.41 bits per heavy atom. The molecule has 0 spiro atoms. The molecule has 2 N–H and O–H groups in total. The van der Waals surface area contributed by atoms with Crippen LogP contribution in [-0.4, -0.2) is 21.9 Å². The smallest absolute Gasteiger partial charge is 0.0685 e. The van der Waals surface area contributed by atoms with Crippen LogP contribution in [0.15, 0.2) is 0 Å². The molecule has 0 saturated heterocycles. The minimum Gasteiger partial charge on any atom is -0.393 e. The van der Waals surface area contributed by atoms with E-state index in [0.29, 0.717) is 17.3 Å². The molecule has 3 aliphatic rings. The molecule has 2 nitrogen and oxygen atoms in total. The van der Waals surface area contributed by atoms with Gasteiger partial charge in [0.2, 0.25) is 0 Å². The van der Waals surface area contributed by atoms with Gasteiger partial charge in [0, 0.05) is 0 Å². The maximum absolute atomic E-state index is 11.0. The van der Waals surface area contributed by atoms with Crippen LogP contribution in [0.4, 0.5) is 0 Å². The zero-order valence-corrected chi connectivity index (χ0v) is 11.4. The van der Waals surface area contributed by atoms with Crippen LogP contribution in [-0.2, 0) is 0 Å². The van der Waals surface area contributed by atoms with E-state index in [2.05, 4.69) is 20.8 Å². The molecule has 3 fully saturated rings.